The minimum absolute atomic E-state index is 0.188. The van der Waals surface area contributed by atoms with Gasteiger partial charge < -0.3 is 5.32 Å². The molecule has 1 aromatic heterocycles. The van der Waals surface area contributed by atoms with Crippen LogP contribution in [0.4, 0.5) is 0 Å². The second-order valence-corrected chi connectivity index (χ2v) is 5.96. The molecule has 2 saturated carbocycles. The average Bonchev–Trinajstić information content (AvgIpc) is 3.03. The smallest absolute Gasteiger partial charge is 0.220 e. The summed E-state index contributed by atoms with van der Waals surface area (Å²) in [6.07, 6.45) is 6.11. The van der Waals surface area contributed by atoms with Crippen LogP contribution in [-0.2, 0) is 11.3 Å². The first-order valence-electron chi connectivity index (χ1n) is 6.98. The van der Waals surface area contributed by atoms with Crippen LogP contribution in [-0.4, -0.2) is 16.1 Å². The Kier molecular flexibility index (Phi) is 3.10. The molecule has 2 fully saturated rings. The van der Waals surface area contributed by atoms with Gasteiger partial charge in [-0.2, -0.15) is 5.10 Å². The Morgan fingerprint density at radius 3 is 3.00 bits per heavy atom. The Morgan fingerprint density at radius 2 is 2.39 bits per heavy atom. The number of nitrogens with zero attached hydrogens (tertiary/aromatic N) is 1. The fraction of sp³-hybridized carbons (Fsp3) is 0.714. The van der Waals surface area contributed by atoms with Gasteiger partial charge in [0, 0.05) is 12.1 Å². The lowest BCUT2D eigenvalue weighted by Crippen LogP contribution is -2.27. The minimum atomic E-state index is 0.188. The SMILES string of the molecule is Cc1cc(CNC(=O)C[C@H]2C[C@H]3CC[C@@H]2C3)n[nH]1. The highest BCUT2D eigenvalue weighted by Gasteiger charge is 2.39. The molecule has 0 saturated heterocycles. The molecule has 2 bridgehead atoms. The molecule has 2 aliphatic carbocycles. The molecule has 0 radical (unpaired) electrons. The second-order valence-electron chi connectivity index (χ2n) is 5.96. The number of hydrogen-bond acceptors (Lipinski definition) is 2. The molecule has 4 heteroatoms. The highest BCUT2D eigenvalue weighted by Crippen LogP contribution is 2.49. The lowest BCUT2D eigenvalue weighted by atomic mass is 9.86. The fourth-order valence-corrected chi connectivity index (χ4v) is 3.69. The third-order valence-electron chi connectivity index (χ3n) is 4.56. The zero-order chi connectivity index (χ0) is 12.5. The second kappa shape index (κ2) is 4.75. The number of H-pyrrole nitrogens is 1. The topological polar surface area (TPSA) is 57.8 Å². The summed E-state index contributed by atoms with van der Waals surface area (Å²) in [5, 5.41) is 9.98. The largest absolute Gasteiger partial charge is 0.350 e. The van der Waals surface area contributed by atoms with Crippen LogP contribution in [0.5, 0.6) is 0 Å². The van der Waals surface area contributed by atoms with Crippen molar-refractivity contribution >= 4 is 5.91 Å². The predicted octanol–water partition coefficient (Wildman–Crippen LogP) is 2.16. The van der Waals surface area contributed by atoms with Gasteiger partial charge >= 0.3 is 0 Å². The van der Waals surface area contributed by atoms with Gasteiger partial charge in [-0.25, -0.2) is 0 Å². The van der Waals surface area contributed by atoms with Gasteiger partial charge in [0.25, 0.3) is 0 Å². The molecule has 4 nitrogen and oxygen atoms in total. The third-order valence-corrected chi connectivity index (χ3v) is 4.56. The van der Waals surface area contributed by atoms with E-state index in [2.05, 4.69) is 15.5 Å². The van der Waals surface area contributed by atoms with Crippen LogP contribution in [0.2, 0.25) is 0 Å². The fourth-order valence-electron chi connectivity index (χ4n) is 3.69. The molecule has 0 spiro atoms. The summed E-state index contributed by atoms with van der Waals surface area (Å²) in [4.78, 5) is 11.9. The molecule has 2 aliphatic rings. The molecule has 0 unspecified atom stereocenters. The van der Waals surface area contributed by atoms with Gasteiger partial charge in [0.15, 0.2) is 0 Å². The van der Waals surface area contributed by atoms with E-state index in [0.29, 0.717) is 18.9 Å². The van der Waals surface area contributed by atoms with E-state index < -0.39 is 0 Å². The monoisotopic (exact) mass is 247 g/mol. The van der Waals surface area contributed by atoms with Gasteiger partial charge in [0.2, 0.25) is 5.91 Å². The summed E-state index contributed by atoms with van der Waals surface area (Å²) in [6.45, 7) is 2.51. The molecule has 1 aromatic rings. The van der Waals surface area contributed by atoms with Crippen LogP contribution >= 0.6 is 0 Å². The Labute approximate surface area is 108 Å². The molecule has 0 aromatic carbocycles. The minimum Gasteiger partial charge on any atom is -0.350 e. The van der Waals surface area contributed by atoms with Gasteiger partial charge in [-0.15, -0.1) is 0 Å². The molecule has 3 atom stereocenters. The van der Waals surface area contributed by atoms with Crippen molar-refractivity contribution in [3.8, 4) is 0 Å². The maximum absolute atomic E-state index is 11.9. The van der Waals surface area contributed by atoms with Gasteiger partial charge in [-0.1, -0.05) is 6.42 Å². The summed E-state index contributed by atoms with van der Waals surface area (Å²) in [7, 11) is 0. The first kappa shape index (κ1) is 11.8. The maximum atomic E-state index is 11.9. The van der Waals surface area contributed by atoms with Gasteiger partial charge in [0.1, 0.15) is 0 Å². The van der Waals surface area contributed by atoms with Crippen molar-refractivity contribution in [1.29, 1.82) is 0 Å². The molecule has 1 heterocycles. The van der Waals surface area contributed by atoms with Crippen LogP contribution < -0.4 is 5.32 Å². The Hall–Kier alpha value is -1.32. The Balaban J connectivity index is 1.45. The van der Waals surface area contributed by atoms with Crippen molar-refractivity contribution in [3.63, 3.8) is 0 Å². The maximum Gasteiger partial charge on any atom is 0.220 e. The molecule has 98 valence electrons. The summed E-state index contributed by atoms with van der Waals surface area (Å²) < 4.78 is 0. The van der Waals surface area contributed by atoms with Crippen molar-refractivity contribution in [2.75, 3.05) is 0 Å². The van der Waals surface area contributed by atoms with Gasteiger partial charge in [-0.05, 0) is 50.0 Å². The van der Waals surface area contributed by atoms with E-state index >= 15 is 0 Å². The number of aromatic amines is 1. The van der Waals surface area contributed by atoms with Crippen LogP contribution in [0.1, 0.15) is 43.5 Å². The van der Waals surface area contributed by atoms with Crippen LogP contribution in [0.25, 0.3) is 0 Å². The van der Waals surface area contributed by atoms with Crippen molar-refractivity contribution in [1.82, 2.24) is 15.5 Å². The summed E-state index contributed by atoms with van der Waals surface area (Å²) in [6, 6.07) is 1.97. The van der Waals surface area contributed by atoms with Crippen molar-refractivity contribution in [2.24, 2.45) is 17.8 Å². The first-order valence-corrected chi connectivity index (χ1v) is 6.98. The number of fused-ring (bicyclic) bond motifs is 2. The zero-order valence-corrected chi connectivity index (χ0v) is 10.9. The molecule has 0 aliphatic heterocycles. The number of amides is 1. The molecule has 3 rings (SSSR count). The Bertz CT molecular complexity index is 440. The average molecular weight is 247 g/mol. The zero-order valence-electron chi connectivity index (χ0n) is 10.9. The summed E-state index contributed by atoms with van der Waals surface area (Å²) >= 11 is 0. The van der Waals surface area contributed by atoms with E-state index in [9.17, 15) is 4.79 Å². The highest BCUT2D eigenvalue weighted by molar-refractivity contribution is 5.76. The van der Waals surface area contributed by atoms with E-state index in [4.69, 9.17) is 0 Å². The Morgan fingerprint density at radius 1 is 1.50 bits per heavy atom. The van der Waals surface area contributed by atoms with E-state index in [0.717, 1.165) is 23.2 Å². The van der Waals surface area contributed by atoms with Gasteiger partial charge in [-0.3, -0.25) is 9.89 Å². The van der Waals surface area contributed by atoms with Crippen LogP contribution in [0.15, 0.2) is 6.07 Å². The van der Waals surface area contributed by atoms with E-state index in [1.807, 2.05) is 13.0 Å². The van der Waals surface area contributed by atoms with Crippen molar-refractivity contribution in [2.45, 2.75) is 45.6 Å². The van der Waals surface area contributed by atoms with Crippen molar-refractivity contribution in [3.05, 3.63) is 17.5 Å². The van der Waals surface area contributed by atoms with Crippen molar-refractivity contribution < 1.29 is 4.79 Å². The van der Waals surface area contributed by atoms with E-state index in [1.54, 1.807) is 0 Å². The number of hydrogen-bond donors (Lipinski definition) is 2. The third kappa shape index (κ3) is 2.42. The number of aromatic nitrogens is 2. The molecular formula is C14H21N3O. The van der Waals surface area contributed by atoms with E-state index in [1.165, 1.54) is 25.7 Å². The molecule has 1 amide bonds. The molecular weight excluding hydrogens is 226 g/mol. The molecule has 18 heavy (non-hydrogen) atoms. The summed E-state index contributed by atoms with van der Waals surface area (Å²) in [5.74, 6) is 2.58. The lowest BCUT2D eigenvalue weighted by molar-refractivity contribution is -0.122. The lowest BCUT2D eigenvalue weighted by Gasteiger charge is -2.20. The first-order chi connectivity index (χ1) is 8.70. The van der Waals surface area contributed by atoms with E-state index in [-0.39, 0.29) is 5.91 Å². The number of aryl methyl sites for hydroxylation is 1. The predicted molar refractivity (Wildman–Crippen MR) is 68.7 cm³/mol. The number of carbonyl (C=O) groups is 1. The van der Waals surface area contributed by atoms with Crippen LogP contribution in [0.3, 0.4) is 0 Å². The summed E-state index contributed by atoms with van der Waals surface area (Å²) in [5.41, 5.74) is 1.95. The number of rotatable bonds is 4. The molecule has 2 N–H and O–H groups in total. The standard InChI is InChI=1S/C14H21N3O/c1-9-4-13(17-16-9)8-15-14(18)7-12-6-10-2-3-11(12)5-10/h4,10-12H,2-3,5-8H2,1H3,(H,15,18)(H,16,17)/t10-,11+,12+/m0/s1. The normalized spacial score (nSPS) is 29.7. The quantitative estimate of drug-likeness (QED) is 0.856. The van der Waals surface area contributed by atoms with Gasteiger partial charge in [0.05, 0.1) is 12.2 Å². The van der Waals surface area contributed by atoms with Crippen LogP contribution in [0, 0.1) is 24.7 Å². The number of nitrogens with one attached hydrogen (secondary N) is 2. The highest BCUT2D eigenvalue weighted by atomic mass is 16.1. The number of carbonyl (C=O) groups excluding carboxylic acids is 1.